The Kier molecular flexibility index (Phi) is 9.43. The minimum Gasteiger partial charge on any atom is -0.357 e. The first-order valence-corrected chi connectivity index (χ1v) is 10.1. The summed E-state index contributed by atoms with van der Waals surface area (Å²) in [6.45, 7) is 2.40. The van der Waals surface area contributed by atoms with E-state index in [-0.39, 0.29) is 48.0 Å². The van der Waals surface area contributed by atoms with Gasteiger partial charge in [-0.25, -0.2) is 18.5 Å². The van der Waals surface area contributed by atoms with Crippen LogP contribution in [0.3, 0.4) is 0 Å². The van der Waals surface area contributed by atoms with Crippen LogP contribution in [0, 0.1) is 0 Å². The van der Waals surface area contributed by atoms with Gasteiger partial charge >= 0.3 is 6.18 Å². The van der Waals surface area contributed by atoms with Gasteiger partial charge in [0.05, 0.1) is 18.0 Å². The van der Waals surface area contributed by atoms with Gasteiger partial charge in [-0.15, -0.1) is 24.0 Å². The zero-order chi connectivity index (χ0) is 20.1. The third kappa shape index (κ3) is 8.49. The number of aliphatic imine (C=N–C) groups is 1. The molecule has 1 aliphatic rings. The second-order valence-electron chi connectivity index (χ2n) is 6.37. The molecule has 0 saturated carbocycles. The summed E-state index contributed by atoms with van der Waals surface area (Å²) in [6, 6.07) is 6.02. The number of nitrogens with one attached hydrogen (secondary N) is 2. The third-order valence-electron chi connectivity index (χ3n) is 4.01. The monoisotopic (exact) mass is 535 g/mol. The molecule has 1 saturated heterocycles. The van der Waals surface area contributed by atoms with Crippen molar-refractivity contribution in [1.29, 1.82) is 0 Å². The molecule has 0 amide bonds. The number of alkyl halides is 3. The Morgan fingerprint density at radius 1 is 1.39 bits per heavy atom. The number of nitrogens with zero attached hydrogens (tertiary/aromatic N) is 2. The number of hydrogen-bond acceptors (Lipinski definition) is 4. The highest BCUT2D eigenvalue weighted by atomic mass is 127. The summed E-state index contributed by atoms with van der Waals surface area (Å²) < 4.78 is 60.3. The van der Waals surface area contributed by atoms with Crippen LogP contribution in [0.4, 0.5) is 13.2 Å². The van der Waals surface area contributed by atoms with Gasteiger partial charge in [0, 0.05) is 25.7 Å². The minimum atomic E-state index is -4.21. The van der Waals surface area contributed by atoms with Crippen LogP contribution in [0.25, 0.3) is 0 Å². The number of nitrogens with two attached hydrogens (primary N) is 1. The van der Waals surface area contributed by atoms with Crippen LogP contribution in [0.15, 0.2) is 34.2 Å². The summed E-state index contributed by atoms with van der Waals surface area (Å²) in [5, 5.41) is 11.3. The number of sulfonamides is 1. The van der Waals surface area contributed by atoms with Crippen LogP contribution in [-0.2, 0) is 16.6 Å². The number of likely N-dealkylation sites (tertiary alicyclic amines) is 1. The molecule has 2 rings (SSSR count). The molecule has 0 spiro atoms. The van der Waals surface area contributed by atoms with Gasteiger partial charge in [0.25, 0.3) is 0 Å². The number of rotatable bonds is 6. The standard InChI is InChI=1S/C16H24F3N5O2S.HI/c1-2-21-15(23-13-6-7-24(10-13)11-16(17,18)19)22-9-12-4-3-5-14(8-12)27(20,25)26;/h3-5,8,13H,2,6-7,9-11H2,1H3,(H2,20,25,26)(H2,21,22,23);1H. The Morgan fingerprint density at radius 2 is 2.11 bits per heavy atom. The van der Waals surface area contributed by atoms with Gasteiger partial charge in [-0.1, -0.05) is 12.1 Å². The van der Waals surface area contributed by atoms with Crippen LogP contribution in [0.2, 0.25) is 0 Å². The van der Waals surface area contributed by atoms with Crippen LogP contribution >= 0.6 is 24.0 Å². The lowest BCUT2D eigenvalue weighted by atomic mass is 10.2. The van der Waals surface area contributed by atoms with E-state index in [1.807, 2.05) is 6.92 Å². The fraction of sp³-hybridized carbons (Fsp3) is 0.562. The molecule has 0 radical (unpaired) electrons. The van der Waals surface area contributed by atoms with Crippen LogP contribution in [0.5, 0.6) is 0 Å². The lowest BCUT2D eigenvalue weighted by Crippen LogP contribution is -2.45. The summed E-state index contributed by atoms with van der Waals surface area (Å²) in [7, 11) is -3.79. The molecular formula is C16H25F3IN5O2S. The maximum atomic E-state index is 12.5. The molecule has 28 heavy (non-hydrogen) atoms. The normalized spacial score (nSPS) is 18.6. The van der Waals surface area contributed by atoms with Gasteiger partial charge in [0.1, 0.15) is 0 Å². The quantitative estimate of drug-likeness (QED) is 0.292. The fourth-order valence-corrected chi connectivity index (χ4v) is 3.44. The number of hydrogen-bond donors (Lipinski definition) is 3. The highest BCUT2D eigenvalue weighted by molar-refractivity contribution is 14.0. The highest BCUT2D eigenvalue weighted by Gasteiger charge is 2.34. The van der Waals surface area contributed by atoms with Crippen molar-refractivity contribution in [3.05, 3.63) is 29.8 Å². The first-order valence-electron chi connectivity index (χ1n) is 8.52. The van der Waals surface area contributed by atoms with Crippen molar-refractivity contribution in [2.75, 3.05) is 26.2 Å². The predicted molar refractivity (Wildman–Crippen MR) is 112 cm³/mol. The fourth-order valence-electron chi connectivity index (χ4n) is 2.85. The number of benzene rings is 1. The molecule has 1 atom stereocenters. The Morgan fingerprint density at radius 3 is 2.71 bits per heavy atom. The van der Waals surface area contributed by atoms with Gasteiger partial charge in [0.2, 0.25) is 10.0 Å². The molecule has 1 heterocycles. The Balaban J connectivity index is 0.00000392. The van der Waals surface area contributed by atoms with E-state index in [0.29, 0.717) is 31.0 Å². The molecule has 1 unspecified atom stereocenters. The van der Waals surface area contributed by atoms with Crippen molar-refractivity contribution in [3.8, 4) is 0 Å². The van der Waals surface area contributed by atoms with Gasteiger partial charge in [0.15, 0.2) is 5.96 Å². The molecule has 4 N–H and O–H groups in total. The van der Waals surface area contributed by atoms with Crippen molar-refractivity contribution in [2.24, 2.45) is 10.1 Å². The molecule has 1 aromatic carbocycles. The second kappa shape index (κ2) is 10.6. The van der Waals surface area contributed by atoms with E-state index in [4.69, 9.17) is 5.14 Å². The SMILES string of the molecule is CCNC(=NCc1cccc(S(N)(=O)=O)c1)NC1CCN(CC(F)(F)F)C1.I. The van der Waals surface area contributed by atoms with E-state index in [2.05, 4.69) is 15.6 Å². The molecule has 1 aromatic rings. The van der Waals surface area contributed by atoms with Crippen LogP contribution in [0.1, 0.15) is 18.9 Å². The maximum Gasteiger partial charge on any atom is 0.401 e. The van der Waals surface area contributed by atoms with Crippen molar-refractivity contribution in [2.45, 2.75) is 37.0 Å². The number of guanidine groups is 1. The summed E-state index contributed by atoms with van der Waals surface area (Å²) in [5.41, 5.74) is 0.656. The van der Waals surface area contributed by atoms with E-state index in [1.165, 1.54) is 17.0 Å². The van der Waals surface area contributed by atoms with Crippen molar-refractivity contribution in [1.82, 2.24) is 15.5 Å². The topological polar surface area (TPSA) is 99.8 Å². The summed E-state index contributed by atoms with van der Waals surface area (Å²) in [4.78, 5) is 5.75. The first kappa shape index (κ1) is 24.9. The van der Waals surface area contributed by atoms with Crippen LogP contribution in [-0.4, -0.2) is 57.7 Å². The van der Waals surface area contributed by atoms with Gasteiger partial charge < -0.3 is 10.6 Å². The molecule has 160 valence electrons. The van der Waals surface area contributed by atoms with Crippen molar-refractivity contribution >= 4 is 40.0 Å². The van der Waals surface area contributed by atoms with Crippen molar-refractivity contribution < 1.29 is 21.6 Å². The Hall–Kier alpha value is -1.12. The molecule has 1 aliphatic heterocycles. The number of primary sulfonamides is 1. The lowest BCUT2D eigenvalue weighted by molar-refractivity contribution is -0.143. The Labute approximate surface area is 180 Å². The van der Waals surface area contributed by atoms with E-state index in [0.717, 1.165) is 0 Å². The van der Waals surface area contributed by atoms with E-state index < -0.39 is 22.7 Å². The second-order valence-corrected chi connectivity index (χ2v) is 7.93. The first-order chi connectivity index (χ1) is 12.6. The molecule has 12 heteroatoms. The largest absolute Gasteiger partial charge is 0.401 e. The third-order valence-corrected chi connectivity index (χ3v) is 4.92. The average Bonchev–Trinajstić information content (AvgIpc) is 2.97. The maximum absolute atomic E-state index is 12.5. The minimum absolute atomic E-state index is 0. The Bertz CT molecular complexity index is 774. The molecule has 7 nitrogen and oxygen atoms in total. The number of halogens is 4. The zero-order valence-corrected chi connectivity index (χ0v) is 18.5. The highest BCUT2D eigenvalue weighted by Crippen LogP contribution is 2.20. The van der Waals surface area contributed by atoms with Gasteiger partial charge in [-0.05, 0) is 31.0 Å². The predicted octanol–water partition coefficient (Wildman–Crippen LogP) is 1.64. The summed E-state index contributed by atoms with van der Waals surface area (Å²) in [6.07, 6.45) is -3.62. The molecule has 1 fully saturated rings. The van der Waals surface area contributed by atoms with E-state index in [1.54, 1.807) is 12.1 Å². The lowest BCUT2D eigenvalue weighted by Gasteiger charge is -2.19. The van der Waals surface area contributed by atoms with Crippen LogP contribution < -0.4 is 15.8 Å². The van der Waals surface area contributed by atoms with E-state index in [9.17, 15) is 21.6 Å². The van der Waals surface area contributed by atoms with Gasteiger partial charge in [-0.2, -0.15) is 13.2 Å². The van der Waals surface area contributed by atoms with E-state index >= 15 is 0 Å². The molecule has 0 aliphatic carbocycles. The summed E-state index contributed by atoms with van der Waals surface area (Å²) >= 11 is 0. The zero-order valence-electron chi connectivity index (χ0n) is 15.4. The molecular weight excluding hydrogens is 510 g/mol. The van der Waals surface area contributed by atoms with Crippen molar-refractivity contribution in [3.63, 3.8) is 0 Å². The average molecular weight is 535 g/mol. The summed E-state index contributed by atoms with van der Waals surface area (Å²) in [5.74, 6) is 0.470. The smallest absolute Gasteiger partial charge is 0.357 e. The molecule has 0 bridgehead atoms. The molecule has 0 aromatic heterocycles. The van der Waals surface area contributed by atoms with Gasteiger partial charge in [-0.3, -0.25) is 4.90 Å².